The number of rotatable bonds is 3. The first kappa shape index (κ1) is 19.8. The molecular weight excluding hydrogens is 385 g/mol. The van der Waals surface area contributed by atoms with E-state index in [4.69, 9.17) is 4.74 Å². The van der Waals surface area contributed by atoms with E-state index in [9.17, 15) is 14.0 Å². The van der Waals surface area contributed by atoms with Crippen LogP contribution in [-0.2, 0) is 6.42 Å². The van der Waals surface area contributed by atoms with E-state index in [-0.39, 0.29) is 23.3 Å². The number of halogens is 1. The van der Waals surface area contributed by atoms with Crippen molar-refractivity contribution in [3.8, 4) is 11.4 Å². The number of hydrogen-bond acceptors (Lipinski definition) is 4. The number of anilines is 1. The van der Waals surface area contributed by atoms with E-state index in [1.807, 2.05) is 26.0 Å². The van der Waals surface area contributed by atoms with Gasteiger partial charge in [-0.2, -0.15) is 9.78 Å². The molecule has 4 rings (SSSR count). The quantitative estimate of drug-likeness (QED) is 0.665. The maximum atomic E-state index is 13.7. The van der Waals surface area contributed by atoms with Crippen LogP contribution in [-0.4, -0.2) is 28.8 Å². The Balaban J connectivity index is 1.84. The van der Waals surface area contributed by atoms with Gasteiger partial charge >= 0.3 is 0 Å². The molecule has 1 aromatic heterocycles. The highest BCUT2D eigenvalue weighted by atomic mass is 19.1. The number of benzene rings is 2. The number of carbonyl (C=O) groups is 1. The standard InChI is InChI=1S/C23H22FN3O3/c1-14-4-9-18(10-5-14)27-21(28)13-20(30-3)22(25-27)23(29)26-15(2)6-7-16-12-17(24)8-11-19(16)26/h4-5,8-13,15H,6-7H2,1-3H3. The van der Waals surface area contributed by atoms with Gasteiger partial charge in [0, 0.05) is 11.7 Å². The SMILES string of the molecule is COc1cc(=O)n(-c2ccc(C)cc2)nc1C(=O)N1c2ccc(F)cc2CCC1C. The number of aromatic nitrogens is 2. The zero-order chi connectivity index (χ0) is 21.4. The van der Waals surface area contributed by atoms with E-state index in [0.29, 0.717) is 24.2 Å². The summed E-state index contributed by atoms with van der Waals surface area (Å²) in [5.41, 5.74) is 2.64. The number of aryl methyl sites for hydroxylation is 2. The van der Waals surface area contributed by atoms with Crippen LogP contribution < -0.4 is 15.2 Å². The molecule has 2 heterocycles. The van der Waals surface area contributed by atoms with Crippen LogP contribution in [0.15, 0.2) is 53.3 Å². The molecule has 3 aromatic rings. The molecule has 7 heteroatoms. The van der Waals surface area contributed by atoms with Crippen LogP contribution in [0.25, 0.3) is 5.69 Å². The van der Waals surface area contributed by atoms with Crippen molar-refractivity contribution in [2.45, 2.75) is 32.7 Å². The van der Waals surface area contributed by atoms with Gasteiger partial charge in [-0.1, -0.05) is 17.7 Å². The van der Waals surface area contributed by atoms with Crippen molar-refractivity contribution in [3.05, 3.63) is 81.5 Å². The summed E-state index contributed by atoms with van der Waals surface area (Å²) in [7, 11) is 1.40. The summed E-state index contributed by atoms with van der Waals surface area (Å²) >= 11 is 0. The summed E-state index contributed by atoms with van der Waals surface area (Å²) in [4.78, 5) is 27.8. The molecule has 0 aliphatic carbocycles. The molecule has 154 valence electrons. The smallest absolute Gasteiger partial charge is 0.282 e. The summed E-state index contributed by atoms with van der Waals surface area (Å²) in [5, 5.41) is 4.36. The number of carbonyl (C=O) groups excluding carboxylic acids is 1. The minimum Gasteiger partial charge on any atom is -0.494 e. The molecular formula is C23H22FN3O3. The first-order chi connectivity index (χ1) is 14.4. The van der Waals surface area contributed by atoms with Gasteiger partial charge in [0.25, 0.3) is 11.5 Å². The molecule has 0 saturated heterocycles. The van der Waals surface area contributed by atoms with Gasteiger partial charge in [-0.3, -0.25) is 9.59 Å². The lowest BCUT2D eigenvalue weighted by atomic mass is 9.96. The van der Waals surface area contributed by atoms with Crippen molar-refractivity contribution in [3.63, 3.8) is 0 Å². The van der Waals surface area contributed by atoms with Crippen LogP contribution in [0.4, 0.5) is 10.1 Å². The number of nitrogens with zero attached hydrogens (tertiary/aromatic N) is 3. The average Bonchev–Trinajstić information content (AvgIpc) is 2.74. The molecule has 0 spiro atoms. The number of hydrogen-bond donors (Lipinski definition) is 0. The van der Waals surface area contributed by atoms with Crippen LogP contribution in [0.5, 0.6) is 5.75 Å². The third kappa shape index (κ3) is 3.47. The van der Waals surface area contributed by atoms with Gasteiger partial charge in [0.2, 0.25) is 0 Å². The number of methoxy groups -OCH3 is 1. The second kappa shape index (κ2) is 7.74. The summed E-state index contributed by atoms with van der Waals surface area (Å²) in [5.74, 6) is -0.623. The van der Waals surface area contributed by atoms with Crippen LogP contribution in [0, 0.1) is 12.7 Å². The molecule has 1 atom stereocenters. The molecule has 6 nitrogen and oxygen atoms in total. The number of ether oxygens (including phenoxy) is 1. The molecule has 2 aromatic carbocycles. The fourth-order valence-electron chi connectivity index (χ4n) is 3.76. The summed E-state index contributed by atoms with van der Waals surface area (Å²) in [6.07, 6.45) is 1.38. The number of fused-ring (bicyclic) bond motifs is 1. The lowest BCUT2D eigenvalue weighted by molar-refractivity contribution is 0.0965. The molecule has 0 radical (unpaired) electrons. The van der Waals surface area contributed by atoms with Crippen molar-refractivity contribution in [2.24, 2.45) is 0 Å². The highest BCUT2D eigenvalue weighted by molar-refractivity contribution is 6.07. The van der Waals surface area contributed by atoms with E-state index in [0.717, 1.165) is 11.1 Å². The fourth-order valence-corrected chi connectivity index (χ4v) is 3.76. The Bertz CT molecular complexity index is 1170. The van der Waals surface area contributed by atoms with E-state index in [1.54, 1.807) is 23.1 Å². The van der Waals surface area contributed by atoms with Gasteiger partial charge in [-0.15, -0.1) is 0 Å². The average molecular weight is 407 g/mol. The van der Waals surface area contributed by atoms with Gasteiger partial charge in [0.05, 0.1) is 18.9 Å². The Morgan fingerprint density at radius 1 is 1.17 bits per heavy atom. The fraction of sp³-hybridized carbons (Fsp3) is 0.261. The van der Waals surface area contributed by atoms with Crippen molar-refractivity contribution < 1.29 is 13.9 Å². The summed E-state index contributed by atoms with van der Waals surface area (Å²) in [6.45, 7) is 3.88. The molecule has 1 aliphatic heterocycles. The highest BCUT2D eigenvalue weighted by Gasteiger charge is 2.32. The monoisotopic (exact) mass is 407 g/mol. The molecule has 1 amide bonds. The van der Waals surface area contributed by atoms with Crippen LogP contribution in [0.1, 0.15) is 35.0 Å². The topological polar surface area (TPSA) is 64.4 Å². The lowest BCUT2D eigenvalue weighted by Gasteiger charge is -2.35. The molecule has 0 bridgehead atoms. The van der Waals surface area contributed by atoms with Gasteiger partial charge in [0.15, 0.2) is 11.4 Å². The molecule has 1 unspecified atom stereocenters. The molecule has 0 N–H and O–H groups in total. The van der Waals surface area contributed by atoms with Gasteiger partial charge in [0.1, 0.15) is 5.82 Å². The number of amides is 1. The summed E-state index contributed by atoms with van der Waals surface area (Å²) in [6, 6.07) is 12.8. The van der Waals surface area contributed by atoms with E-state index in [1.165, 1.54) is 30.0 Å². The zero-order valence-corrected chi connectivity index (χ0v) is 17.1. The molecule has 0 saturated carbocycles. The zero-order valence-electron chi connectivity index (χ0n) is 17.1. The van der Waals surface area contributed by atoms with Crippen molar-refractivity contribution in [2.75, 3.05) is 12.0 Å². The molecule has 30 heavy (non-hydrogen) atoms. The highest BCUT2D eigenvalue weighted by Crippen LogP contribution is 2.33. The van der Waals surface area contributed by atoms with E-state index in [2.05, 4.69) is 5.10 Å². The van der Waals surface area contributed by atoms with Crippen molar-refractivity contribution >= 4 is 11.6 Å². The Morgan fingerprint density at radius 2 is 1.90 bits per heavy atom. The van der Waals surface area contributed by atoms with Gasteiger partial charge in [-0.05, 0) is 62.6 Å². The third-order valence-corrected chi connectivity index (χ3v) is 5.39. The predicted molar refractivity (Wildman–Crippen MR) is 112 cm³/mol. The molecule has 1 aliphatic rings. The first-order valence-electron chi connectivity index (χ1n) is 9.76. The second-order valence-electron chi connectivity index (χ2n) is 7.48. The van der Waals surface area contributed by atoms with Gasteiger partial charge < -0.3 is 9.64 Å². The first-order valence-corrected chi connectivity index (χ1v) is 9.76. The van der Waals surface area contributed by atoms with E-state index < -0.39 is 11.5 Å². The minimum atomic E-state index is -0.401. The maximum absolute atomic E-state index is 13.7. The normalized spacial score (nSPS) is 15.6. The Kier molecular flexibility index (Phi) is 5.11. The maximum Gasteiger partial charge on any atom is 0.282 e. The molecule has 0 fully saturated rings. The Hall–Kier alpha value is -3.48. The van der Waals surface area contributed by atoms with Crippen LogP contribution in [0.3, 0.4) is 0 Å². The Labute approximate surface area is 173 Å². The third-order valence-electron chi connectivity index (χ3n) is 5.39. The summed E-state index contributed by atoms with van der Waals surface area (Å²) < 4.78 is 20.2. The Morgan fingerprint density at radius 3 is 2.60 bits per heavy atom. The van der Waals surface area contributed by atoms with Crippen LogP contribution in [0.2, 0.25) is 0 Å². The largest absolute Gasteiger partial charge is 0.494 e. The lowest BCUT2D eigenvalue weighted by Crippen LogP contribution is -2.43. The predicted octanol–water partition coefficient (Wildman–Crippen LogP) is 3.67. The van der Waals surface area contributed by atoms with E-state index >= 15 is 0 Å². The second-order valence-corrected chi connectivity index (χ2v) is 7.48. The minimum absolute atomic E-state index is 0.0294. The van der Waals surface area contributed by atoms with Gasteiger partial charge in [-0.25, -0.2) is 4.39 Å². The van der Waals surface area contributed by atoms with Crippen LogP contribution >= 0.6 is 0 Å². The van der Waals surface area contributed by atoms with Crippen molar-refractivity contribution in [1.82, 2.24) is 9.78 Å². The van der Waals surface area contributed by atoms with Crippen molar-refractivity contribution in [1.29, 1.82) is 0 Å².